The van der Waals surface area contributed by atoms with Gasteiger partial charge in [0.25, 0.3) is 0 Å². The van der Waals surface area contributed by atoms with Crippen molar-refractivity contribution in [3.8, 4) is 5.69 Å². The molecule has 1 atom stereocenters. The zero-order valence-electron chi connectivity index (χ0n) is 15.4. The molecule has 0 saturated heterocycles. The van der Waals surface area contributed by atoms with E-state index in [-0.39, 0.29) is 11.2 Å². The van der Waals surface area contributed by atoms with Crippen molar-refractivity contribution in [1.82, 2.24) is 30.0 Å². The maximum atomic E-state index is 12.6. The van der Waals surface area contributed by atoms with Crippen LogP contribution in [0.25, 0.3) is 5.69 Å². The third-order valence-electron chi connectivity index (χ3n) is 4.13. The maximum Gasteiger partial charge on any atom is 0.237 e. The predicted molar refractivity (Wildman–Crippen MR) is 101 cm³/mol. The van der Waals surface area contributed by atoms with Gasteiger partial charge >= 0.3 is 0 Å². The predicted octanol–water partition coefficient (Wildman–Crippen LogP) is 2.44. The van der Waals surface area contributed by atoms with Gasteiger partial charge in [0.15, 0.2) is 0 Å². The number of anilines is 1. The lowest BCUT2D eigenvalue weighted by atomic mass is 10.2. The van der Waals surface area contributed by atoms with E-state index in [9.17, 15) is 4.79 Å². The van der Waals surface area contributed by atoms with Crippen LogP contribution in [0.15, 0.2) is 29.4 Å². The third kappa shape index (κ3) is 3.62. The molecule has 136 valence electrons. The molecule has 3 aromatic rings. The molecule has 0 bridgehead atoms. The van der Waals surface area contributed by atoms with E-state index >= 15 is 0 Å². The number of aryl methyl sites for hydroxylation is 3. The van der Waals surface area contributed by atoms with Crippen LogP contribution in [-0.2, 0) is 11.8 Å². The molecule has 26 heavy (non-hydrogen) atoms. The molecule has 8 nitrogen and oxygen atoms in total. The van der Waals surface area contributed by atoms with E-state index in [0.717, 1.165) is 28.3 Å². The fourth-order valence-corrected chi connectivity index (χ4v) is 3.30. The third-order valence-corrected chi connectivity index (χ3v) is 5.16. The van der Waals surface area contributed by atoms with Crippen LogP contribution in [0, 0.1) is 20.8 Å². The molecular weight excluding hydrogens is 350 g/mol. The Morgan fingerprint density at radius 2 is 1.88 bits per heavy atom. The van der Waals surface area contributed by atoms with Gasteiger partial charge < -0.3 is 5.32 Å². The number of rotatable bonds is 5. The molecule has 0 spiro atoms. The lowest BCUT2D eigenvalue weighted by molar-refractivity contribution is -0.115. The van der Waals surface area contributed by atoms with Crippen LogP contribution in [0.3, 0.4) is 0 Å². The second-order valence-corrected chi connectivity index (χ2v) is 7.44. The number of thioether (sulfide) groups is 1. The summed E-state index contributed by atoms with van der Waals surface area (Å²) in [5, 5.41) is 19.3. The number of carbonyl (C=O) groups excluding carboxylic acids is 1. The van der Waals surface area contributed by atoms with Crippen LogP contribution in [0.5, 0.6) is 0 Å². The first kappa shape index (κ1) is 18.1. The van der Waals surface area contributed by atoms with Crippen molar-refractivity contribution >= 4 is 23.4 Å². The molecule has 0 saturated carbocycles. The lowest BCUT2D eigenvalue weighted by Crippen LogP contribution is -2.23. The summed E-state index contributed by atoms with van der Waals surface area (Å²) in [4.78, 5) is 12.6. The SMILES string of the molecule is Cc1ccc(-n2nnnc2S[C@H](C)C(=O)Nc2c(C)nn(C)c2C)cc1. The molecule has 0 aliphatic heterocycles. The van der Waals surface area contributed by atoms with E-state index in [0.29, 0.717) is 5.16 Å². The average Bonchev–Trinajstić information content (AvgIpc) is 3.15. The van der Waals surface area contributed by atoms with Crippen molar-refractivity contribution in [2.24, 2.45) is 7.05 Å². The Bertz CT molecular complexity index is 929. The molecule has 0 aliphatic carbocycles. The molecule has 0 aliphatic rings. The van der Waals surface area contributed by atoms with Crippen molar-refractivity contribution in [1.29, 1.82) is 0 Å². The number of benzene rings is 1. The highest BCUT2D eigenvalue weighted by molar-refractivity contribution is 8.00. The highest BCUT2D eigenvalue weighted by atomic mass is 32.2. The first-order chi connectivity index (χ1) is 12.4. The Kier molecular flexibility index (Phi) is 5.08. The number of aromatic nitrogens is 6. The van der Waals surface area contributed by atoms with Gasteiger partial charge in [0.05, 0.1) is 28.0 Å². The van der Waals surface area contributed by atoms with Crippen LogP contribution >= 0.6 is 11.8 Å². The molecule has 3 rings (SSSR count). The first-order valence-electron chi connectivity index (χ1n) is 8.20. The van der Waals surface area contributed by atoms with Gasteiger partial charge in [0, 0.05) is 7.05 Å². The van der Waals surface area contributed by atoms with Gasteiger partial charge in [-0.05, 0) is 50.3 Å². The molecule has 1 amide bonds. The van der Waals surface area contributed by atoms with Crippen molar-refractivity contribution < 1.29 is 4.79 Å². The van der Waals surface area contributed by atoms with E-state index in [1.807, 2.05) is 59.0 Å². The van der Waals surface area contributed by atoms with Crippen LogP contribution < -0.4 is 5.32 Å². The van der Waals surface area contributed by atoms with Gasteiger partial charge in [0.1, 0.15) is 0 Å². The second-order valence-electron chi connectivity index (χ2n) is 6.13. The average molecular weight is 371 g/mol. The highest BCUT2D eigenvalue weighted by Gasteiger charge is 2.21. The minimum atomic E-state index is -0.371. The molecular formula is C17H21N7OS. The summed E-state index contributed by atoms with van der Waals surface area (Å²) in [6.07, 6.45) is 0. The second kappa shape index (κ2) is 7.28. The van der Waals surface area contributed by atoms with E-state index in [1.165, 1.54) is 11.8 Å². The smallest absolute Gasteiger partial charge is 0.237 e. The molecule has 9 heteroatoms. The van der Waals surface area contributed by atoms with Gasteiger partial charge in [-0.1, -0.05) is 29.5 Å². The highest BCUT2D eigenvalue weighted by Crippen LogP contribution is 2.25. The van der Waals surface area contributed by atoms with E-state index in [2.05, 4.69) is 25.9 Å². The largest absolute Gasteiger partial charge is 0.322 e. The quantitative estimate of drug-likeness (QED) is 0.693. The first-order valence-corrected chi connectivity index (χ1v) is 9.08. The summed E-state index contributed by atoms with van der Waals surface area (Å²) in [5.74, 6) is -0.118. The van der Waals surface area contributed by atoms with Gasteiger partial charge in [-0.2, -0.15) is 9.78 Å². The minimum Gasteiger partial charge on any atom is -0.322 e. The van der Waals surface area contributed by atoms with Crippen LogP contribution in [-0.4, -0.2) is 41.1 Å². The molecule has 0 unspecified atom stereocenters. The molecule has 2 heterocycles. The fourth-order valence-electron chi connectivity index (χ4n) is 2.49. The summed E-state index contributed by atoms with van der Waals surface area (Å²) < 4.78 is 3.38. The zero-order chi connectivity index (χ0) is 18.8. The Hall–Kier alpha value is -2.68. The number of carbonyl (C=O) groups is 1. The Balaban J connectivity index is 1.74. The summed E-state index contributed by atoms with van der Waals surface area (Å²) in [7, 11) is 1.85. The van der Waals surface area contributed by atoms with Crippen LogP contribution in [0.4, 0.5) is 5.69 Å². The number of tetrazole rings is 1. The van der Waals surface area contributed by atoms with E-state index in [4.69, 9.17) is 0 Å². The summed E-state index contributed by atoms with van der Waals surface area (Å²) >= 11 is 1.31. The summed E-state index contributed by atoms with van der Waals surface area (Å²) in [6, 6.07) is 7.89. The number of hydrogen-bond donors (Lipinski definition) is 1. The van der Waals surface area contributed by atoms with E-state index < -0.39 is 0 Å². The van der Waals surface area contributed by atoms with Crippen molar-refractivity contribution in [2.45, 2.75) is 38.1 Å². The van der Waals surface area contributed by atoms with Crippen molar-refractivity contribution in [3.63, 3.8) is 0 Å². The minimum absolute atomic E-state index is 0.118. The Morgan fingerprint density at radius 3 is 2.50 bits per heavy atom. The number of nitrogens with one attached hydrogen (secondary N) is 1. The molecule has 1 aromatic carbocycles. The summed E-state index contributed by atoms with van der Waals surface area (Å²) in [5.41, 5.74) is 4.47. The maximum absolute atomic E-state index is 12.6. The zero-order valence-corrected chi connectivity index (χ0v) is 16.2. The van der Waals surface area contributed by atoms with Crippen molar-refractivity contribution in [3.05, 3.63) is 41.2 Å². The Morgan fingerprint density at radius 1 is 1.19 bits per heavy atom. The van der Waals surface area contributed by atoms with Gasteiger partial charge in [-0.3, -0.25) is 9.48 Å². The Labute approximate surface area is 156 Å². The number of hydrogen-bond acceptors (Lipinski definition) is 6. The van der Waals surface area contributed by atoms with Crippen LogP contribution in [0.1, 0.15) is 23.9 Å². The van der Waals surface area contributed by atoms with Crippen LogP contribution in [0.2, 0.25) is 0 Å². The number of nitrogens with zero attached hydrogens (tertiary/aromatic N) is 6. The monoisotopic (exact) mass is 371 g/mol. The molecule has 1 N–H and O–H groups in total. The fraction of sp³-hybridized carbons (Fsp3) is 0.353. The van der Waals surface area contributed by atoms with Gasteiger partial charge in [0.2, 0.25) is 11.1 Å². The van der Waals surface area contributed by atoms with Crippen molar-refractivity contribution in [2.75, 3.05) is 5.32 Å². The normalized spacial score (nSPS) is 12.2. The van der Waals surface area contributed by atoms with Gasteiger partial charge in [-0.15, -0.1) is 5.10 Å². The topological polar surface area (TPSA) is 90.5 Å². The van der Waals surface area contributed by atoms with E-state index in [1.54, 1.807) is 9.36 Å². The molecule has 0 radical (unpaired) electrons. The lowest BCUT2D eigenvalue weighted by Gasteiger charge is -2.12. The standard InChI is InChI=1S/C17H21N7OS/c1-10-6-8-14(9-7-10)24-17(19-21-22-24)26-13(4)16(25)18-15-11(2)20-23(5)12(15)3/h6-9,13H,1-5H3,(H,18,25)/t13-/m1/s1. The molecule has 2 aromatic heterocycles. The van der Waals surface area contributed by atoms with Gasteiger partial charge in [-0.25, -0.2) is 0 Å². The molecule has 0 fully saturated rings. The summed E-state index contributed by atoms with van der Waals surface area (Å²) in [6.45, 7) is 7.65. The number of amides is 1.